The van der Waals surface area contributed by atoms with E-state index in [1.165, 1.54) is 15.0 Å². The molecular formula is C23H17Cl2N5OS. The molecule has 0 saturated carbocycles. The monoisotopic (exact) mass is 481 g/mol. The maximum absolute atomic E-state index is 13.7. The average Bonchev–Trinajstić information content (AvgIpc) is 3.41. The standard InChI is InChI=1S/C23H17Cl2N5OS/c24-16-7-3-8-17(25)15(16)12-29-22-19(14-6-1-2-9-18(14)32-22)21-27-20(28-30(21)23(29)31)13-5-4-10-26-11-13/h3-5,7-8,10-11H,1-2,6,9,12H2. The average molecular weight is 482 g/mol. The first kappa shape index (κ1) is 19.9. The molecule has 4 heterocycles. The van der Waals surface area contributed by atoms with Gasteiger partial charge in [-0.3, -0.25) is 9.55 Å². The highest BCUT2D eigenvalue weighted by molar-refractivity contribution is 7.19. The summed E-state index contributed by atoms with van der Waals surface area (Å²) in [6.45, 7) is 0.269. The second kappa shape index (κ2) is 7.69. The first-order valence-corrected chi connectivity index (χ1v) is 12.0. The highest BCUT2D eigenvalue weighted by Gasteiger charge is 2.25. The van der Waals surface area contributed by atoms with Gasteiger partial charge < -0.3 is 0 Å². The van der Waals surface area contributed by atoms with Crippen LogP contribution in [0.1, 0.15) is 28.8 Å². The summed E-state index contributed by atoms with van der Waals surface area (Å²) in [5, 5.41) is 6.66. The summed E-state index contributed by atoms with van der Waals surface area (Å²) in [5.41, 5.74) is 3.12. The molecule has 0 fully saturated rings. The largest absolute Gasteiger partial charge is 0.352 e. The minimum Gasteiger partial charge on any atom is -0.278 e. The van der Waals surface area contributed by atoms with Gasteiger partial charge in [0.1, 0.15) is 4.83 Å². The van der Waals surface area contributed by atoms with Crippen LogP contribution in [0.15, 0.2) is 47.5 Å². The van der Waals surface area contributed by atoms with Gasteiger partial charge in [0.25, 0.3) is 0 Å². The Bertz CT molecular complexity index is 1530. The van der Waals surface area contributed by atoms with E-state index in [1.54, 1.807) is 46.5 Å². The quantitative estimate of drug-likeness (QED) is 0.345. The van der Waals surface area contributed by atoms with Crippen molar-refractivity contribution >= 4 is 50.4 Å². The van der Waals surface area contributed by atoms with Crippen LogP contribution in [0, 0.1) is 0 Å². The Morgan fingerprint density at radius 1 is 1.06 bits per heavy atom. The van der Waals surface area contributed by atoms with Crippen molar-refractivity contribution in [1.82, 2.24) is 24.1 Å². The van der Waals surface area contributed by atoms with Crippen LogP contribution in [-0.4, -0.2) is 24.1 Å². The number of aryl methyl sites for hydroxylation is 2. The molecule has 0 saturated heterocycles. The Kier molecular flexibility index (Phi) is 4.78. The molecule has 0 spiro atoms. The Balaban J connectivity index is 1.67. The molecule has 5 aromatic rings. The van der Waals surface area contributed by atoms with Crippen LogP contribution in [0.3, 0.4) is 0 Å². The van der Waals surface area contributed by atoms with E-state index in [9.17, 15) is 4.79 Å². The summed E-state index contributed by atoms with van der Waals surface area (Å²) in [6, 6.07) is 9.11. The number of hydrogen-bond donors (Lipinski definition) is 0. The summed E-state index contributed by atoms with van der Waals surface area (Å²) in [7, 11) is 0. The molecule has 0 atom stereocenters. The predicted molar refractivity (Wildman–Crippen MR) is 128 cm³/mol. The molecule has 6 rings (SSSR count). The molecule has 0 aliphatic heterocycles. The zero-order chi connectivity index (χ0) is 21.8. The lowest BCUT2D eigenvalue weighted by molar-refractivity contribution is 0.698. The number of benzene rings is 1. The Labute approximate surface area is 197 Å². The van der Waals surface area contributed by atoms with Crippen molar-refractivity contribution < 1.29 is 0 Å². The molecule has 6 nitrogen and oxygen atoms in total. The zero-order valence-corrected chi connectivity index (χ0v) is 19.2. The van der Waals surface area contributed by atoms with Crippen LogP contribution in [-0.2, 0) is 19.4 Å². The topological polar surface area (TPSA) is 65.1 Å². The molecule has 32 heavy (non-hydrogen) atoms. The van der Waals surface area contributed by atoms with Crippen molar-refractivity contribution in [1.29, 1.82) is 0 Å². The molecule has 0 amide bonds. The molecule has 0 radical (unpaired) electrons. The third-order valence-electron chi connectivity index (χ3n) is 5.94. The molecule has 0 unspecified atom stereocenters. The lowest BCUT2D eigenvalue weighted by atomic mass is 9.97. The fourth-order valence-electron chi connectivity index (χ4n) is 4.38. The highest BCUT2D eigenvalue weighted by Crippen LogP contribution is 2.38. The fraction of sp³-hybridized carbons (Fsp3) is 0.217. The third-order valence-corrected chi connectivity index (χ3v) is 7.96. The van der Waals surface area contributed by atoms with E-state index >= 15 is 0 Å². The van der Waals surface area contributed by atoms with Gasteiger partial charge in [-0.15, -0.1) is 16.4 Å². The Morgan fingerprint density at radius 2 is 1.88 bits per heavy atom. The number of pyridine rings is 1. The third kappa shape index (κ3) is 3.07. The van der Waals surface area contributed by atoms with Gasteiger partial charge in [-0.05, 0) is 55.5 Å². The molecule has 1 aliphatic carbocycles. The van der Waals surface area contributed by atoms with Crippen molar-refractivity contribution in [3.8, 4) is 11.4 Å². The van der Waals surface area contributed by atoms with Crippen molar-refractivity contribution in [2.24, 2.45) is 0 Å². The van der Waals surface area contributed by atoms with Crippen molar-refractivity contribution in [2.75, 3.05) is 0 Å². The van der Waals surface area contributed by atoms with Crippen LogP contribution in [0.5, 0.6) is 0 Å². The Hall–Kier alpha value is -2.74. The van der Waals surface area contributed by atoms with E-state index in [2.05, 4.69) is 10.1 Å². The molecule has 4 aromatic heterocycles. The van der Waals surface area contributed by atoms with E-state index in [4.69, 9.17) is 28.2 Å². The van der Waals surface area contributed by atoms with Gasteiger partial charge in [0.15, 0.2) is 11.5 Å². The summed E-state index contributed by atoms with van der Waals surface area (Å²) in [4.78, 5) is 24.8. The van der Waals surface area contributed by atoms with E-state index in [-0.39, 0.29) is 12.2 Å². The van der Waals surface area contributed by atoms with Crippen LogP contribution in [0.2, 0.25) is 10.0 Å². The minimum atomic E-state index is -0.260. The van der Waals surface area contributed by atoms with Crippen LogP contribution in [0.25, 0.3) is 27.3 Å². The molecular weight excluding hydrogens is 465 g/mol. The second-order valence-corrected chi connectivity index (χ2v) is 9.77. The number of fused-ring (bicyclic) bond motifs is 5. The predicted octanol–water partition coefficient (Wildman–Crippen LogP) is 5.40. The maximum atomic E-state index is 13.7. The zero-order valence-electron chi connectivity index (χ0n) is 16.9. The van der Waals surface area contributed by atoms with E-state index < -0.39 is 0 Å². The summed E-state index contributed by atoms with van der Waals surface area (Å²) < 4.78 is 3.15. The van der Waals surface area contributed by atoms with Crippen LogP contribution in [0.4, 0.5) is 0 Å². The fourth-order valence-corrected chi connectivity index (χ4v) is 6.27. The van der Waals surface area contributed by atoms with E-state index in [0.717, 1.165) is 47.0 Å². The van der Waals surface area contributed by atoms with Gasteiger partial charge in [0.2, 0.25) is 0 Å². The van der Waals surface area contributed by atoms with Gasteiger partial charge in [-0.1, -0.05) is 29.3 Å². The molecule has 1 aromatic carbocycles. The van der Waals surface area contributed by atoms with Crippen LogP contribution >= 0.6 is 34.5 Å². The lowest BCUT2D eigenvalue weighted by Gasteiger charge is -2.12. The van der Waals surface area contributed by atoms with Gasteiger partial charge in [0, 0.05) is 38.4 Å². The van der Waals surface area contributed by atoms with Crippen molar-refractivity contribution in [3.63, 3.8) is 0 Å². The normalized spacial score (nSPS) is 13.7. The van der Waals surface area contributed by atoms with Gasteiger partial charge >= 0.3 is 5.69 Å². The minimum absolute atomic E-state index is 0.260. The number of halogens is 2. The Morgan fingerprint density at radius 3 is 2.66 bits per heavy atom. The smallest absolute Gasteiger partial charge is 0.278 e. The lowest BCUT2D eigenvalue weighted by Crippen LogP contribution is -2.28. The molecule has 0 N–H and O–H groups in total. The molecule has 1 aliphatic rings. The number of rotatable bonds is 3. The van der Waals surface area contributed by atoms with Crippen molar-refractivity contribution in [3.05, 3.63) is 79.3 Å². The number of hydrogen-bond acceptors (Lipinski definition) is 5. The summed E-state index contributed by atoms with van der Waals surface area (Å²) in [6.07, 6.45) is 7.69. The first-order chi connectivity index (χ1) is 15.6. The number of nitrogens with zero attached hydrogens (tertiary/aromatic N) is 5. The van der Waals surface area contributed by atoms with Crippen molar-refractivity contribution in [2.45, 2.75) is 32.2 Å². The van der Waals surface area contributed by atoms with Gasteiger partial charge in [-0.2, -0.15) is 4.52 Å². The SMILES string of the molecule is O=c1n(Cc2c(Cl)cccc2Cl)c2sc3c(c2c2nc(-c4cccnc4)nn12)CCCC3. The van der Waals surface area contributed by atoms with Gasteiger partial charge in [0.05, 0.1) is 11.9 Å². The van der Waals surface area contributed by atoms with Crippen LogP contribution < -0.4 is 5.69 Å². The molecule has 9 heteroatoms. The molecule has 160 valence electrons. The summed E-state index contributed by atoms with van der Waals surface area (Å²) in [5.74, 6) is 0.487. The second-order valence-electron chi connectivity index (χ2n) is 7.87. The van der Waals surface area contributed by atoms with Gasteiger partial charge in [-0.25, -0.2) is 9.78 Å². The number of aromatic nitrogens is 5. The maximum Gasteiger partial charge on any atom is 0.352 e. The summed E-state index contributed by atoms with van der Waals surface area (Å²) >= 11 is 14.6. The van der Waals surface area contributed by atoms with E-state index in [1.807, 2.05) is 12.1 Å². The molecule has 0 bridgehead atoms. The van der Waals surface area contributed by atoms with E-state index in [0.29, 0.717) is 21.5 Å². The number of thiophene rings is 1. The first-order valence-electron chi connectivity index (χ1n) is 10.4. The highest BCUT2D eigenvalue weighted by atomic mass is 35.5.